The number of rotatable bonds is 5. The highest BCUT2D eigenvalue weighted by atomic mass is 32.1. The molecule has 0 bridgehead atoms. The molecule has 4 rings (SSSR count). The molecule has 2 aromatic rings. The van der Waals surface area contributed by atoms with E-state index in [1.807, 2.05) is 23.7 Å². The van der Waals surface area contributed by atoms with Gasteiger partial charge in [0.25, 0.3) is 0 Å². The second-order valence-corrected chi connectivity index (χ2v) is 10.1. The molecule has 10 nitrogen and oxygen atoms in total. The van der Waals surface area contributed by atoms with Gasteiger partial charge in [0, 0.05) is 55.5 Å². The average molecular weight is 686 g/mol. The van der Waals surface area contributed by atoms with Gasteiger partial charge < -0.3 is 20.1 Å². The first-order valence-corrected chi connectivity index (χ1v) is 13.5. The lowest BCUT2D eigenvalue weighted by atomic mass is 9.99. The molecule has 2 fully saturated rings. The Kier molecular flexibility index (Phi) is 15.7. The van der Waals surface area contributed by atoms with E-state index in [1.165, 1.54) is 23.4 Å². The van der Waals surface area contributed by atoms with Crippen LogP contribution in [0.2, 0.25) is 0 Å². The number of pyridine rings is 1. The van der Waals surface area contributed by atoms with Gasteiger partial charge in [0.1, 0.15) is 0 Å². The Morgan fingerprint density at radius 2 is 1.36 bits per heavy atom. The molecule has 45 heavy (non-hydrogen) atoms. The molecule has 2 aliphatic rings. The summed E-state index contributed by atoms with van der Waals surface area (Å²) in [5.41, 5.74) is 1.35. The molecular formula is C25H28F9N3O7S. The van der Waals surface area contributed by atoms with Crippen molar-refractivity contribution in [1.29, 1.82) is 0 Å². The lowest BCUT2D eigenvalue weighted by molar-refractivity contribution is -0.193. The van der Waals surface area contributed by atoms with Crippen molar-refractivity contribution in [3.8, 4) is 0 Å². The summed E-state index contributed by atoms with van der Waals surface area (Å²) < 4.78 is 101. The summed E-state index contributed by atoms with van der Waals surface area (Å²) in [6.07, 6.45) is -9.02. The molecule has 0 saturated carbocycles. The SMILES string of the molecule is O=C(O)C(F)(F)F.O=C(O)C(F)(F)F.O=C(O)C(F)(F)F.c1cncc(C[C@H]2[C@H](N3CCOCC3)CCN2Cc2cccs2)c1. The summed E-state index contributed by atoms with van der Waals surface area (Å²) in [7, 11) is 0. The first kappa shape index (κ1) is 39.5. The smallest absolute Gasteiger partial charge is 0.475 e. The van der Waals surface area contributed by atoms with Gasteiger partial charge in [-0.25, -0.2) is 14.4 Å². The topological polar surface area (TPSA) is 140 Å². The van der Waals surface area contributed by atoms with Gasteiger partial charge >= 0.3 is 36.4 Å². The van der Waals surface area contributed by atoms with Crippen LogP contribution >= 0.6 is 11.3 Å². The van der Waals surface area contributed by atoms with E-state index in [-0.39, 0.29) is 0 Å². The lowest BCUT2D eigenvalue weighted by Crippen LogP contribution is -2.50. The number of alkyl halides is 9. The third-order valence-electron chi connectivity index (χ3n) is 5.97. The number of carboxylic acid groups (broad SMARTS) is 3. The number of hydrogen-bond donors (Lipinski definition) is 3. The van der Waals surface area contributed by atoms with Gasteiger partial charge in [0.2, 0.25) is 0 Å². The fraction of sp³-hybridized carbons (Fsp3) is 0.520. The Morgan fingerprint density at radius 1 is 0.844 bits per heavy atom. The maximum Gasteiger partial charge on any atom is 0.490 e. The zero-order valence-electron chi connectivity index (χ0n) is 23.0. The largest absolute Gasteiger partial charge is 0.490 e. The minimum atomic E-state index is -5.08. The number of carboxylic acids is 3. The van der Waals surface area contributed by atoms with E-state index < -0.39 is 36.4 Å². The van der Waals surface area contributed by atoms with Crippen LogP contribution in [-0.2, 0) is 32.1 Å². The number of ether oxygens (including phenoxy) is 1. The second-order valence-electron chi connectivity index (χ2n) is 9.10. The molecule has 0 radical (unpaired) electrons. The van der Waals surface area contributed by atoms with Crippen LogP contribution in [0.25, 0.3) is 0 Å². The highest BCUT2D eigenvalue weighted by Gasteiger charge is 2.40. The van der Waals surface area contributed by atoms with Crippen LogP contribution in [0.4, 0.5) is 39.5 Å². The molecule has 2 atom stereocenters. The molecule has 2 aromatic heterocycles. The molecule has 0 spiro atoms. The summed E-state index contributed by atoms with van der Waals surface area (Å²) in [6.45, 7) is 6.15. The molecule has 20 heteroatoms. The molecule has 0 unspecified atom stereocenters. The number of hydrogen-bond acceptors (Lipinski definition) is 8. The molecule has 254 valence electrons. The van der Waals surface area contributed by atoms with E-state index in [0.29, 0.717) is 12.1 Å². The van der Waals surface area contributed by atoms with E-state index in [0.717, 1.165) is 39.3 Å². The van der Waals surface area contributed by atoms with Crippen LogP contribution in [-0.4, -0.2) is 111 Å². The van der Waals surface area contributed by atoms with Crippen molar-refractivity contribution in [3.63, 3.8) is 0 Å². The van der Waals surface area contributed by atoms with Crippen LogP contribution in [0.15, 0.2) is 42.0 Å². The summed E-state index contributed by atoms with van der Waals surface area (Å²) in [6, 6.07) is 9.88. The number of halogens is 9. The minimum Gasteiger partial charge on any atom is -0.475 e. The maximum absolute atomic E-state index is 10.6. The van der Waals surface area contributed by atoms with Crippen molar-refractivity contribution in [2.45, 2.75) is 50.0 Å². The van der Waals surface area contributed by atoms with Gasteiger partial charge in [-0.3, -0.25) is 14.8 Å². The summed E-state index contributed by atoms with van der Waals surface area (Å²) in [5.74, 6) is -8.27. The van der Waals surface area contributed by atoms with Crippen molar-refractivity contribution in [1.82, 2.24) is 14.8 Å². The number of nitrogens with zero attached hydrogens (tertiary/aromatic N) is 3. The Bertz CT molecular complexity index is 1120. The van der Waals surface area contributed by atoms with Crippen LogP contribution < -0.4 is 0 Å². The van der Waals surface area contributed by atoms with Crippen molar-refractivity contribution in [2.75, 3.05) is 32.8 Å². The van der Waals surface area contributed by atoms with E-state index in [9.17, 15) is 39.5 Å². The molecule has 2 saturated heterocycles. The highest BCUT2D eigenvalue weighted by molar-refractivity contribution is 7.09. The van der Waals surface area contributed by atoms with Crippen molar-refractivity contribution >= 4 is 29.2 Å². The number of aromatic nitrogens is 1. The van der Waals surface area contributed by atoms with E-state index in [4.69, 9.17) is 34.4 Å². The van der Waals surface area contributed by atoms with E-state index in [1.54, 1.807) is 0 Å². The number of likely N-dealkylation sites (tertiary alicyclic amines) is 1. The van der Waals surface area contributed by atoms with E-state index in [2.05, 4.69) is 44.4 Å². The van der Waals surface area contributed by atoms with E-state index >= 15 is 0 Å². The third kappa shape index (κ3) is 15.4. The molecule has 0 aromatic carbocycles. The Morgan fingerprint density at radius 3 is 1.76 bits per heavy atom. The molecular weight excluding hydrogens is 657 g/mol. The molecule has 2 aliphatic heterocycles. The van der Waals surface area contributed by atoms with Gasteiger partial charge in [-0.05, 0) is 35.9 Å². The minimum absolute atomic E-state index is 0.564. The first-order chi connectivity index (χ1) is 20.7. The second kappa shape index (κ2) is 17.9. The van der Waals surface area contributed by atoms with Gasteiger partial charge in [-0.2, -0.15) is 39.5 Å². The molecule has 4 heterocycles. The van der Waals surface area contributed by atoms with Crippen molar-refractivity contribution in [2.24, 2.45) is 0 Å². The zero-order valence-corrected chi connectivity index (χ0v) is 23.8. The third-order valence-corrected chi connectivity index (χ3v) is 6.84. The quantitative estimate of drug-likeness (QED) is 0.384. The van der Waals surface area contributed by atoms with Crippen molar-refractivity contribution in [3.05, 3.63) is 52.5 Å². The fourth-order valence-corrected chi connectivity index (χ4v) is 4.79. The Labute approximate surface area is 253 Å². The first-order valence-electron chi connectivity index (χ1n) is 12.6. The van der Waals surface area contributed by atoms with Crippen LogP contribution in [0.1, 0.15) is 16.9 Å². The Balaban J connectivity index is 0.000000396. The fourth-order valence-electron chi connectivity index (χ4n) is 4.06. The zero-order chi connectivity index (χ0) is 34.4. The Hall–Kier alpha value is -3.49. The standard InChI is InChI=1S/C19H25N3OS.3C2HF3O2/c1-3-16(14-20-6-1)13-19-18(21-8-10-23-11-9-21)5-7-22(19)15-17-4-2-12-24-17;3*3-2(4,5)1(6)7/h1-4,6,12,14,18-19H,5,7-11,13,15H2;3*(H,6,7)/t18-,19+;;;/m1.../s1. The molecule has 3 N–H and O–H groups in total. The predicted octanol–water partition coefficient (Wildman–Crippen LogP) is 4.56. The highest BCUT2D eigenvalue weighted by Crippen LogP contribution is 2.29. The van der Waals surface area contributed by atoms with Gasteiger partial charge in [0.15, 0.2) is 0 Å². The predicted molar refractivity (Wildman–Crippen MR) is 138 cm³/mol. The summed E-state index contributed by atoms with van der Waals surface area (Å²) in [5, 5.41) is 23.6. The molecule has 0 amide bonds. The normalized spacial score (nSPS) is 19.1. The van der Waals surface area contributed by atoms with Crippen molar-refractivity contribution < 1.29 is 74.0 Å². The van der Waals surface area contributed by atoms with Gasteiger partial charge in [0.05, 0.1) is 13.2 Å². The van der Waals surface area contributed by atoms with Crippen LogP contribution in [0.3, 0.4) is 0 Å². The lowest BCUT2D eigenvalue weighted by Gasteiger charge is -2.37. The number of carbonyl (C=O) groups is 3. The van der Waals surface area contributed by atoms with Crippen LogP contribution in [0.5, 0.6) is 0 Å². The maximum atomic E-state index is 10.6. The monoisotopic (exact) mass is 685 g/mol. The summed E-state index contributed by atoms with van der Waals surface area (Å²) in [4.78, 5) is 37.8. The number of morpholine rings is 1. The van der Waals surface area contributed by atoms with Gasteiger partial charge in [-0.1, -0.05) is 12.1 Å². The van der Waals surface area contributed by atoms with Crippen LogP contribution in [0, 0.1) is 0 Å². The number of aliphatic carboxylic acids is 3. The van der Waals surface area contributed by atoms with Gasteiger partial charge in [-0.15, -0.1) is 11.3 Å². The summed E-state index contributed by atoms with van der Waals surface area (Å²) >= 11 is 1.87. The number of thiophene rings is 1. The average Bonchev–Trinajstić information content (AvgIpc) is 3.60. The molecule has 0 aliphatic carbocycles.